The van der Waals surface area contributed by atoms with Crippen molar-refractivity contribution in [2.75, 3.05) is 26.2 Å². The summed E-state index contributed by atoms with van der Waals surface area (Å²) in [7, 11) is 0. The van der Waals surface area contributed by atoms with Crippen molar-refractivity contribution in [2.24, 2.45) is 5.92 Å². The van der Waals surface area contributed by atoms with Crippen LogP contribution in [-0.4, -0.2) is 43.3 Å². The molecule has 0 saturated carbocycles. The van der Waals surface area contributed by atoms with Crippen LogP contribution in [0.2, 0.25) is 0 Å². The van der Waals surface area contributed by atoms with Gasteiger partial charge in [-0.25, -0.2) is 4.79 Å². The molecule has 1 unspecified atom stereocenters. The maximum absolute atomic E-state index is 12.8. The fourth-order valence-corrected chi connectivity index (χ4v) is 4.31. The third-order valence-electron chi connectivity index (χ3n) is 5.85. The van der Waals surface area contributed by atoms with Gasteiger partial charge in [-0.2, -0.15) is 0 Å². The first kappa shape index (κ1) is 19.8. The Morgan fingerprint density at radius 1 is 1.10 bits per heavy atom. The minimum Gasteiger partial charge on any atom is -0.494 e. The van der Waals surface area contributed by atoms with Gasteiger partial charge in [-0.3, -0.25) is 4.90 Å². The molecule has 3 aliphatic rings. The van der Waals surface area contributed by atoms with E-state index in [0.717, 1.165) is 49.4 Å². The van der Waals surface area contributed by atoms with Crippen LogP contribution in [0.15, 0.2) is 54.6 Å². The standard InChI is InChI=1S/C24H29N2O3/c1-2-15-28-21-10-6-9-20(16-21)23(19-7-4-3-5-8-19)25-24(27)29-22-17-26-13-11-18(22)12-14-26/h3-10,16,18,22-23H,1-2,11-15,17H2,(H,25,27)/t22-,23?/m0/s1. The number of alkyl carbamates (subject to hydrolysis) is 1. The van der Waals surface area contributed by atoms with Crippen LogP contribution >= 0.6 is 0 Å². The largest absolute Gasteiger partial charge is 0.494 e. The summed E-state index contributed by atoms with van der Waals surface area (Å²) < 4.78 is 11.6. The van der Waals surface area contributed by atoms with Gasteiger partial charge in [-0.1, -0.05) is 42.5 Å². The van der Waals surface area contributed by atoms with Gasteiger partial charge in [0, 0.05) is 6.54 Å². The number of nitrogens with zero attached hydrogens (tertiary/aromatic N) is 1. The molecule has 2 atom stereocenters. The molecule has 2 bridgehead atoms. The zero-order valence-electron chi connectivity index (χ0n) is 16.8. The molecular formula is C24H29N2O3. The highest BCUT2D eigenvalue weighted by atomic mass is 16.6. The maximum Gasteiger partial charge on any atom is 0.408 e. The van der Waals surface area contributed by atoms with Gasteiger partial charge in [0.05, 0.1) is 12.6 Å². The minimum atomic E-state index is -0.360. The topological polar surface area (TPSA) is 50.8 Å². The molecule has 5 heteroatoms. The van der Waals surface area contributed by atoms with E-state index in [1.807, 2.05) is 54.6 Å². The zero-order chi connectivity index (χ0) is 20.1. The maximum atomic E-state index is 12.8. The summed E-state index contributed by atoms with van der Waals surface area (Å²) in [6.45, 7) is 7.48. The fraction of sp³-hybridized carbons (Fsp3) is 0.417. The first-order valence-electron chi connectivity index (χ1n) is 10.5. The number of carbonyl (C=O) groups is 1. The van der Waals surface area contributed by atoms with Crippen molar-refractivity contribution in [3.63, 3.8) is 0 Å². The van der Waals surface area contributed by atoms with Gasteiger partial charge < -0.3 is 14.8 Å². The molecule has 0 aliphatic carbocycles. The average molecular weight is 394 g/mol. The lowest BCUT2D eigenvalue weighted by atomic mass is 9.86. The lowest BCUT2D eigenvalue weighted by molar-refractivity contribution is -0.0336. The van der Waals surface area contributed by atoms with E-state index in [9.17, 15) is 4.79 Å². The summed E-state index contributed by atoms with van der Waals surface area (Å²) in [4.78, 5) is 15.2. The molecule has 3 heterocycles. The van der Waals surface area contributed by atoms with Crippen molar-refractivity contribution in [1.29, 1.82) is 0 Å². The summed E-state index contributed by atoms with van der Waals surface area (Å²) in [6.07, 6.45) is 2.57. The van der Waals surface area contributed by atoms with Crippen molar-refractivity contribution in [3.8, 4) is 5.75 Å². The van der Waals surface area contributed by atoms with Crippen LogP contribution in [0.25, 0.3) is 0 Å². The van der Waals surface area contributed by atoms with E-state index in [1.165, 1.54) is 0 Å². The van der Waals surface area contributed by atoms with Crippen LogP contribution in [0.1, 0.15) is 36.4 Å². The van der Waals surface area contributed by atoms with Gasteiger partial charge in [0.2, 0.25) is 0 Å². The molecular weight excluding hydrogens is 364 g/mol. The number of carbonyl (C=O) groups excluding carboxylic acids is 1. The van der Waals surface area contributed by atoms with E-state index in [0.29, 0.717) is 18.9 Å². The Hall–Kier alpha value is -2.53. The van der Waals surface area contributed by atoms with E-state index in [2.05, 4.69) is 17.1 Å². The molecule has 3 aliphatic heterocycles. The van der Waals surface area contributed by atoms with Gasteiger partial charge in [-0.05, 0) is 68.5 Å². The number of fused-ring (bicyclic) bond motifs is 3. The average Bonchev–Trinajstić information content (AvgIpc) is 2.78. The molecule has 0 aromatic heterocycles. The minimum absolute atomic E-state index is 0.0133. The van der Waals surface area contributed by atoms with E-state index in [1.54, 1.807) is 0 Å². The number of piperidine rings is 3. The first-order chi connectivity index (χ1) is 14.2. The van der Waals surface area contributed by atoms with E-state index < -0.39 is 0 Å². The second-order valence-electron chi connectivity index (χ2n) is 7.84. The monoisotopic (exact) mass is 393 g/mol. The summed E-state index contributed by atoms with van der Waals surface area (Å²) >= 11 is 0. The predicted molar refractivity (Wildman–Crippen MR) is 113 cm³/mol. The number of benzene rings is 2. The number of hydrogen-bond acceptors (Lipinski definition) is 4. The Morgan fingerprint density at radius 3 is 2.55 bits per heavy atom. The summed E-state index contributed by atoms with van der Waals surface area (Å²) in [5, 5.41) is 3.09. The molecule has 3 saturated heterocycles. The lowest BCUT2D eigenvalue weighted by Gasteiger charge is -2.43. The van der Waals surface area contributed by atoms with Gasteiger partial charge in [0.25, 0.3) is 0 Å². The molecule has 5 rings (SSSR count). The van der Waals surface area contributed by atoms with Crippen molar-refractivity contribution >= 4 is 6.09 Å². The van der Waals surface area contributed by atoms with E-state index in [4.69, 9.17) is 9.47 Å². The van der Waals surface area contributed by atoms with E-state index >= 15 is 0 Å². The molecule has 2 aromatic carbocycles. The molecule has 3 fully saturated rings. The highest BCUT2D eigenvalue weighted by molar-refractivity contribution is 5.69. The zero-order valence-corrected chi connectivity index (χ0v) is 16.8. The van der Waals surface area contributed by atoms with Crippen molar-refractivity contribution in [3.05, 3.63) is 72.6 Å². The highest BCUT2D eigenvalue weighted by Gasteiger charge is 2.36. The molecule has 153 valence electrons. The summed E-state index contributed by atoms with van der Waals surface area (Å²) in [6, 6.07) is 17.5. The Bertz CT molecular complexity index is 803. The van der Waals surface area contributed by atoms with Gasteiger partial charge in [-0.15, -0.1) is 0 Å². The van der Waals surface area contributed by atoms with E-state index in [-0.39, 0.29) is 18.2 Å². The van der Waals surface area contributed by atoms with Crippen LogP contribution < -0.4 is 10.1 Å². The van der Waals surface area contributed by atoms with Gasteiger partial charge >= 0.3 is 6.09 Å². The lowest BCUT2D eigenvalue weighted by Crippen LogP contribution is -2.52. The van der Waals surface area contributed by atoms with Gasteiger partial charge in [0.15, 0.2) is 0 Å². The predicted octanol–water partition coefficient (Wildman–Crippen LogP) is 4.20. The van der Waals surface area contributed by atoms with Gasteiger partial charge in [0.1, 0.15) is 11.9 Å². The molecule has 5 nitrogen and oxygen atoms in total. The Balaban J connectivity index is 1.50. The number of ether oxygens (including phenoxy) is 2. The van der Waals surface area contributed by atoms with Crippen molar-refractivity contribution < 1.29 is 14.3 Å². The summed E-state index contributed by atoms with van der Waals surface area (Å²) in [5.41, 5.74) is 1.97. The number of nitrogens with one attached hydrogen (secondary N) is 1. The molecule has 0 spiro atoms. The summed E-state index contributed by atoms with van der Waals surface area (Å²) in [5.74, 6) is 1.26. The number of hydrogen-bond donors (Lipinski definition) is 1. The third kappa shape index (κ3) is 4.91. The van der Waals surface area contributed by atoms with Crippen molar-refractivity contribution in [2.45, 2.75) is 31.4 Å². The second kappa shape index (κ2) is 9.31. The molecule has 1 amide bonds. The highest BCUT2D eigenvalue weighted by Crippen LogP contribution is 2.30. The Morgan fingerprint density at radius 2 is 1.86 bits per heavy atom. The Labute approximate surface area is 173 Å². The molecule has 1 radical (unpaired) electrons. The van der Waals surface area contributed by atoms with Crippen LogP contribution in [-0.2, 0) is 4.74 Å². The molecule has 1 N–H and O–H groups in total. The first-order valence-corrected chi connectivity index (χ1v) is 10.5. The van der Waals surface area contributed by atoms with Crippen LogP contribution in [0, 0.1) is 12.8 Å². The quantitative estimate of drug-likeness (QED) is 0.766. The van der Waals surface area contributed by atoms with Crippen LogP contribution in [0.5, 0.6) is 5.75 Å². The normalized spacial score (nSPS) is 24.0. The smallest absolute Gasteiger partial charge is 0.408 e. The molecule has 2 aromatic rings. The fourth-order valence-electron chi connectivity index (χ4n) is 4.31. The molecule has 29 heavy (non-hydrogen) atoms. The third-order valence-corrected chi connectivity index (χ3v) is 5.85. The van der Waals surface area contributed by atoms with Crippen LogP contribution in [0.3, 0.4) is 0 Å². The van der Waals surface area contributed by atoms with Crippen LogP contribution in [0.4, 0.5) is 4.79 Å². The number of rotatable bonds is 7. The second-order valence-corrected chi connectivity index (χ2v) is 7.84. The van der Waals surface area contributed by atoms with Crippen molar-refractivity contribution in [1.82, 2.24) is 10.2 Å². The Kier molecular flexibility index (Phi) is 6.35. The SMILES string of the molecule is [CH2]CCOc1cccc(C(NC(=O)O[C@H]2CN3CCC2CC3)c2ccccc2)c1. The number of amides is 1.